The van der Waals surface area contributed by atoms with E-state index in [0.29, 0.717) is 6.42 Å². The zero-order chi connectivity index (χ0) is 18.7. The number of esters is 2. The Hall–Kier alpha value is -3.08. The van der Waals surface area contributed by atoms with Crippen LogP contribution in [0, 0.1) is 0 Å². The molecule has 0 amide bonds. The number of hydrogen-bond donors (Lipinski definition) is 0. The van der Waals surface area contributed by atoms with E-state index in [2.05, 4.69) is 0 Å². The van der Waals surface area contributed by atoms with Gasteiger partial charge in [-0.1, -0.05) is 49.4 Å². The minimum Gasteiger partial charge on any atom is -0.496 e. The van der Waals surface area contributed by atoms with E-state index in [9.17, 15) is 9.59 Å². The lowest BCUT2D eigenvalue weighted by molar-refractivity contribution is -0.229. The lowest BCUT2D eigenvalue weighted by Crippen LogP contribution is -2.43. The predicted molar refractivity (Wildman–Crippen MR) is 98.5 cm³/mol. The molecule has 1 aliphatic heterocycles. The topological polar surface area (TPSA) is 61.8 Å². The van der Waals surface area contributed by atoms with Crippen molar-refractivity contribution in [1.82, 2.24) is 0 Å². The summed E-state index contributed by atoms with van der Waals surface area (Å²) in [6.07, 6.45) is 5.27. The SMILES string of the molecule is CCC1(C)OC(=O)C(=CC=Cc2ccc(OC)c3ccccc23)C(=O)O1. The van der Waals surface area contributed by atoms with Gasteiger partial charge in [0, 0.05) is 18.7 Å². The van der Waals surface area contributed by atoms with Gasteiger partial charge in [-0.3, -0.25) is 0 Å². The molecule has 0 unspecified atom stereocenters. The molecule has 2 aromatic rings. The highest BCUT2D eigenvalue weighted by atomic mass is 16.7. The Bertz CT molecular complexity index is 903. The maximum absolute atomic E-state index is 12.1. The summed E-state index contributed by atoms with van der Waals surface area (Å²) in [4.78, 5) is 24.2. The Balaban J connectivity index is 1.90. The van der Waals surface area contributed by atoms with Gasteiger partial charge in [0.1, 0.15) is 11.3 Å². The highest BCUT2D eigenvalue weighted by Gasteiger charge is 2.40. The number of cyclic esters (lactones) is 2. The van der Waals surface area contributed by atoms with Crippen molar-refractivity contribution < 1.29 is 23.8 Å². The second-order valence-electron chi connectivity index (χ2n) is 6.11. The van der Waals surface area contributed by atoms with Crippen LogP contribution in [0.25, 0.3) is 16.8 Å². The fraction of sp³-hybridized carbons (Fsp3) is 0.238. The molecule has 26 heavy (non-hydrogen) atoms. The molecular weight excluding hydrogens is 332 g/mol. The van der Waals surface area contributed by atoms with Gasteiger partial charge in [-0.25, -0.2) is 9.59 Å². The number of hydrogen-bond acceptors (Lipinski definition) is 5. The van der Waals surface area contributed by atoms with Crippen molar-refractivity contribution in [3.05, 3.63) is 59.7 Å². The molecule has 2 aromatic carbocycles. The summed E-state index contributed by atoms with van der Waals surface area (Å²) in [5.74, 6) is -1.75. The molecule has 0 saturated carbocycles. The summed E-state index contributed by atoms with van der Waals surface area (Å²) in [7, 11) is 1.63. The summed E-state index contributed by atoms with van der Waals surface area (Å²) in [6, 6.07) is 11.6. The molecule has 134 valence electrons. The van der Waals surface area contributed by atoms with Crippen molar-refractivity contribution in [2.75, 3.05) is 7.11 Å². The third-order valence-corrected chi connectivity index (χ3v) is 4.38. The number of carbonyl (C=O) groups excluding carboxylic acids is 2. The highest BCUT2D eigenvalue weighted by Crippen LogP contribution is 2.29. The van der Waals surface area contributed by atoms with Crippen LogP contribution < -0.4 is 4.74 Å². The molecule has 1 saturated heterocycles. The Morgan fingerprint density at radius 2 is 1.69 bits per heavy atom. The number of carbonyl (C=O) groups is 2. The van der Waals surface area contributed by atoms with Crippen LogP contribution in [0.5, 0.6) is 5.75 Å². The summed E-state index contributed by atoms with van der Waals surface area (Å²) < 4.78 is 15.8. The van der Waals surface area contributed by atoms with E-state index in [4.69, 9.17) is 14.2 Å². The van der Waals surface area contributed by atoms with Gasteiger partial charge in [-0.15, -0.1) is 0 Å². The average Bonchev–Trinajstić information content (AvgIpc) is 2.64. The first-order valence-corrected chi connectivity index (χ1v) is 8.38. The largest absolute Gasteiger partial charge is 0.496 e. The Labute approximate surface area is 151 Å². The number of rotatable bonds is 4. The van der Waals surface area contributed by atoms with Gasteiger partial charge in [-0.2, -0.15) is 0 Å². The van der Waals surface area contributed by atoms with Crippen LogP contribution in [0.2, 0.25) is 0 Å². The predicted octanol–water partition coefficient (Wildman–Crippen LogP) is 4.01. The third-order valence-electron chi connectivity index (χ3n) is 4.38. The fourth-order valence-electron chi connectivity index (χ4n) is 2.75. The Morgan fingerprint density at radius 1 is 1.04 bits per heavy atom. The molecule has 3 rings (SSSR count). The molecule has 1 aliphatic rings. The summed E-state index contributed by atoms with van der Waals surface area (Å²) >= 11 is 0. The first-order valence-electron chi connectivity index (χ1n) is 8.38. The van der Waals surface area contributed by atoms with Crippen molar-refractivity contribution in [3.63, 3.8) is 0 Å². The normalized spacial score (nSPS) is 20.2. The second kappa shape index (κ2) is 7.04. The van der Waals surface area contributed by atoms with E-state index < -0.39 is 17.7 Å². The van der Waals surface area contributed by atoms with Crippen LogP contribution >= 0.6 is 0 Å². The molecule has 0 N–H and O–H groups in total. The number of fused-ring (bicyclic) bond motifs is 1. The number of methoxy groups -OCH3 is 1. The summed E-state index contributed by atoms with van der Waals surface area (Å²) in [5.41, 5.74) is 0.819. The van der Waals surface area contributed by atoms with Crippen molar-refractivity contribution >= 4 is 28.8 Å². The molecule has 5 nitrogen and oxygen atoms in total. The van der Waals surface area contributed by atoms with Crippen LogP contribution in [0.3, 0.4) is 0 Å². The van der Waals surface area contributed by atoms with E-state index in [1.807, 2.05) is 42.5 Å². The van der Waals surface area contributed by atoms with E-state index in [1.54, 1.807) is 27.0 Å². The number of allylic oxidation sites excluding steroid dienone is 2. The van der Waals surface area contributed by atoms with Crippen molar-refractivity contribution in [2.24, 2.45) is 0 Å². The monoisotopic (exact) mass is 352 g/mol. The quantitative estimate of drug-likeness (QED) is 0.473. The van der Waals surface area contributed by atoms with Gasteiger partial charge in [0.2, 0.25) is 0 Å². The molecule has 0 atom stereocenters. The Kier molecular flexibility index (Phi) is 4.80. The highest BCUT2D eigenvalue weighted by molar-refractivity contribution is 6.15. The molecule has 0 aromatic heterocycles. The van der Waals surface area contributed by atoms with Crippen LogP contribution in [0.4, 0.5) is 0 Å². The molecule has 5 heteroatoms. The van der Waals surface area contributed by atoms with Gasteiger partial charge in [0.15, 0.2) is 0 Å². The van der Waals surface area contributed by atoms with E-state index in [1.165, 1.54) is 6.08 Å². The molecule has 0 bridgehead atoms. The van der Waals surface area contributed by atoms with Gasteiger partial charge >= 0.3 is 11.9 Å². The first-order chi connectivity index (χ1) is 12.5. The van der Waals surface area contributed by atoms with Crippen molar-refractivity contribution in [2.45, 2.75) is 26.1 Å². The fourth-order valence-corrected chi connectivity index (χ4v) is 2.75. The van der Waals surface area contributed by atoms with Gasteiger partial charge in [-0.05, 0) is 23.1 Å². The van der Waals surface area contributed by atoms with Crippen LogP contribution in [-0.2, 0) is 19.1 Å². The molecule has 0 aliphatic carbocycles. The second-order valence-corrected chi connectivity index (χ2v) is 6.11. The zero-order valence-electron chi connectivity index (χ0n) is 14.9. The average molecular weight is 352 g/mol. The van der Waals surface area contributed by atoms with E-state index in [0.717, 1.165) is 22.1 Å². The Morgan fingerprint density at radius 3 is 2.31 bits per heavy atom. The minimum absolute atomic E-state index is 0.120. The zero-order valence-corrected chi connectivity index (χ0v) is 14.9. The molecule has 0 radical (unpaired) electrons. The smallest absolute Gasteiger partial charge is 0.348 e. The third kappa shape index (κ3) is 3.33. The standard InChI is InChI=1S/C21H20O5/c1-4-21(2)25-19(22)17(20(23)26-21)11-7-8-14-12-13-18(24-3)16-10-6-5-9-15(14)16/h5-13H,4H2,1-3H3. The van der Waals surface area contributed by atoms with Crippen molar-refractivity contribution in [3.8, 4) is 5.75 Å². The van der Waals surface area contributed by atoms with E-state index >= 15 is 0 Å². The first kappa shape index (κ1) is 17.7. The minimum atomic E-state index is -1.19. The molecule has 1 fully saturated rings. The van der Waals surface area contributed by atoms with E-state index in [-0.39, 0.29) is 5.57 Å². The molecule has 1 heterocycles. The summed E-state index contributed by atoms with van der Waals surface area (Å²) in [5, 5.41) is 1.99. The lowest BCUT2D eigenvalue weighted by atomic mass is 10.0. The molecule has 0 spiro atoms. The maximum atomic E-state index is 12.1. The maximum Gasteiger partial charge on any atom is 0.348 e. The summed E-state index contributed by atoms with van der Waals surface area (Å²) in [6.45, 7) is 3.35. The molecular formula is C21H20O5. The number of ether oxygens (including phenoxy) is 3. The van der Waals surface area contributed by atoms with Crippen molar-refractivity contribution in [1.29, 1.82) is 0 Å². The number of benzene rings is 2. The van der Waals surface area contributed by atoms with Gasteiger partial charge in [0.25, 0.3) is 5.79 Å². The van der Waals surface area contributed by atoms with Gasteiger partial charge in [0.05, 0.1) is 7.11 Å². The van der Waals surface area contributed by atoms with Crippen LogP contribution in [0.15, 0.2) is 54.1 Å². The van der Waals surface area contributed by atoms with Crippen LogP contribution in [-0.4, -0.2) is 24.8 Å². The lowest BCUT2D eigenvalue weighted by Gasteiger charge is -2.32. The van der Waals surface area contributed by atoms with Gasteiger partial charge < -0.3 is 14.2 Å². The van der Waals surface area contributed by atoms with Crippen LogP contribution in [0.1, 0.15) is 25.8 Å².